The van der Waals surface area contributed by atoms with E-state index < -0.39 is 10.0 Å². The molecule has 0 bridgehead atoms. The topological polar surface area (TPSA) is 82.6 Å². The lowest BCUT2D eigenvalue weighted by Crippen LogP contribution is -2.52. The van der Waals surface area contributed by atoms with Crippen LogP contribution in [-0.4, -0.2) is 54.8 Å². The second-order valence-corrected chi connectivity index (χ2v) is 12.0. The number of piperazine rings is 1. The number of nitrogens with zero attached hydrogens (tertiary/aromatic N) is 3. The van der Waals surface area contributed by atoms with Crippen molar-refractivity contribution in [3.63, 3.8) is 0 Å². The molecule has 170 valence electrons. The van der Waals surface area contributed by atoms with E-state index in [2.05, 4.69) is 44.9 Å². The molecule has 0 saturated carbocycles. The van der Waals surface area contributed by atoms with Crippen molar-refractivity contribution in [3.8, 4) is 0 Å². The maximum Gasteiger partial charge on any atom is 0.317 e. The molecule has 7 nitrogen and oxygen atoms in total. The average molecular weight is 465 g/mol. The minimum Gasteiger partial charge on any atom is -0.332 e. The largest absolute Gasteiger partial charge is 0.332 e. The monoisotopic (exact) mass is 464 g/mol. The van der Waals surface area contributed by atoms with Gasteiger partial charge >= 0.3 is 6.03 Å². The molecule has 2 amide bonds. The molecule has 9 heteroatoms. The smallest absolute Gasteiger partial charge is 0.317 e. The van der Waals surface area contributed by atoms with Crippen LogP contribution in [0, 0.1) is 0 Å². The first-order valence-electron chi connectivity index (χ1n) is 10.6. The number of aromatic nitrogens is 1. The predicted octanol–water partition coefficient (Wildman–Crippen LogP) is 3.78. The first-order chi connectivity index (χ1) is 14.5. The van der Waals surface area contributed by atoms with Gasteiger partial charge in [-0.25, -0.2) is 18.2 Å². The maximum atomic E-state index is 12.9. The van der Waals surface area contributed by atoms with E-state index in [1.807, 2.05) is 17.5 Å². The van der Waals surface area contributed by atoms with Gasteiger partial charge in [-0.3, -0.25) is 0 Å². The van der Waals surface area contributed by atoms with Gasteiger partial charge in [0, 0.05) is 37.0 Å². The van der Waals surface area contributed by atoms with Crippen LogP contribution in [0.25, 0.3) is 0 Å². The van der Waals surface area contributed by atoms with Crippen LogP contribution in [0.1, 0.15) is 56.8 Å². The van der Waals surface area contributed by atoms with Crippen LogP contribution in [0.3, 0.4) is 0 Å². The molecule has 31 heavy (non-hydrogen) atoms. The Morgan fingerprint density at radius 2 is 1.74 bits per heavy atom. The highest BCUT2D eigenvalue weighted by atomic mass is 32.2. The van der Waals surface area contributed by atoms with Gasteiger partial charge in [-0.15, -0.1) is 11.3 Å². The molecule has 3 rings (SSSR count). The van der Waals surface area contributed by atoms with Crippen molar-refractivity contribution in [2.24, 2.45) is 0 Å². The number of urea groups is 1. The van der Waals surface area contributed by atoms with Crippen LogP contribution in [-0.2, 0) is 22.0 Å². The Balaban J connectivity index is 1.53. The average Bonchev–Trinajstić information content (AvgIpc) is 3.22. The summed E-state index contributed by atoms with van der Waals surface area (Å²) in [7, 11) is -3.55. The van der Waals surface area contributed by atoms with Crippen molar-refractivity contribution in [1.82, 2.24) is 19.5 Å². The van der Waals surface area contributed by atoms with Gasteiger partial charge in [0.2, 0.25) is 10.0 Å². The quantitative estimate of drug-likeness (QED) is 0.730. The molecule has 0 radical (unpaired) electrons. The van der Waals surface area contributed by atoms with Gasteiger partial charge in [-0.1, -0.05) is 46.8 Å². The third-order valence-electron chi connectivity index (χ3n) is 5.32. The zero-order valence-corrected chi connectivity index (χ0v) is 20.5. The SMILES string of the molecule is CC(C)c1ccc(S(=O)(=O)N2CCN(C(=O)NCc3csc(C(C)(C)C)n3)CC2)cc1. The van der Waals surface area contributed by atoms with Gasteiger partial charge in [0.05, 0.1) is 22.1 Å². The Kier molecular flexibility index (Phi) is 7.08. The fourth-order valence-electron chi connectivity index (χ4n) is 3.32. The highest BCUT2D eigenvalue weighted by Gasteiger charge is 2.30. The van der Waals surface area contributed by atoms with E-state index in [0.29, 0.717) is 30.4 Å². The molecule has 2 heterocycles. The van der Waals surface area contributed by atoms with Gasteiger partial charge in [0.1, 0.15) is 0 Å². The van der Waals surface area contributed by atoms with E-state index in [1.165, 1.54) is 4.31 Å². The molecular formula is C22H32N4O3S2. The van der Waals surface area contributed by atoms with Crippen molar-refractivity contribution in [1.29, 1.82) is 0 Å². The van der Waals surface area contributed by atoms with E-state index in [-0.39, 0.29) is 24.5 Å². The summed E-state index contributed by atoms with van der Waals surface area (Å²) in [6, 6.07) is 6.88. The summed E-state index contributed by atoms with van der Waals surface area (Å²) in [5.41, 5.74) is 1.94. The van der Waals surface area contributed by atoms with Gasteiger partial charge in [0.25, 0.3) is 0 Å². The normalized spacial score (nSPS) is 16.0. The van der Waals surface area contributed by atoms with E-state index in [9.17, 15) is 13.2 Å². The lowest BCUT2D eigenvalue weighted by atomic mass is 9.98. The van der Waals surface area contributed by atoms with Crippen LogP contribution >= 0.6 is 11.3 Å². The molecule has 1 aromatic heterocycles. The summed E-state index contributed by atoms with van der Waals surface area (Å²) in [4.78, 5) is 19.1. The lowest BCUT2D eigenvalue weighted by molar-refractivity contribution is 0.172. The minimum atomic E-state index is -3.55. The summed E-state index contributed by atoms with van der Waals surface area (Å²) in [6.07, 6.45) is 0. The van der Waals surface area contributed by atoms with E-state index in [1.54, 1.807) is 28.4 Å². The summed E-state index contributed by atoms with van der Waals surface area (Å²) in [6.45, 7) is 12.1. The Morgan fingerprint density at radius 3 is 2.26 bits per heavy atom. The number of benzene rings is 1. The molecule has 0 unspecified atom stereocenters. The molecule has 0 spiro atoms. The highest BCUT2D eigenvalue weighted by molar-refractivity contribution is 7.89. The number of carbonyl (C=O) groups excluding carboxylic acids is 1. The Labute approximate surface area is 189 Å². The fourth-order valence-corrected chi connectivity index (χ4v) is 5.65. The van der Waals surface area contributed by atoms with Crippen LogP contribution in [0.4, 0.5) is 4.79 Å². The first kappa shape index (κ1) is 23.7. The second-order valence-electron chi connectivity index (χ2n) is 9.17. The molecule has 0 aliphatic carbocycles. The van der Waals surface area contributed by atoms with Crippen molar-refractivity contribution >= 4 is 27.4 Å². The fraction of sp³-hybridized carbons (Fsp3) is 0.545. The molecule has 2 aromatic rings. The number of sulfonamides is 1. The van der Waals surface area contributed by atoms with E-state index in [4.69, 9.17) is 0 Å². The van der Waals surface area contributed by atoms with Crippen molar-refractivity contribution in [2.75, 3.05) is 26.2 Å². The van der Waals surface area contributed by atoms with Gasteiger partial charge in [-0.2, -0.15) is 4.31 Å². The van der Waals surface area contributed by atoms with Crippen LogP contribution in [0.15, 0.2) is 34.5 Å². The van der Waals surface area contributed by atoms with Crippen LogP contribution in [0.2, 0.25) is 0 Å². The van der Waals surface area contributed by atoms with Crippen LogP contribution in [0.5, 0.6) is 0 Å². The molecule has 1 aliphatic heterocycles. The molecule has 0 atom stereocenters. The summed E-state index contributed by atoms with van der Waals surface area (Å²) in [5.74, 6) is 0.350. The zero-order chi connectivity index (χ0) is 22.8. The second kappa shape index (κ2) is 9.26. The minimum absolute atomic E-state index is 0.0101. The lowest BCUT2D eigenvalue weighted by Gasteiger charge is -2.34. The number of amides is 2. The third kappa shape index (κ3) is 5.64. The zero-order valence-electron chi connectivity index (χ0n) is 18.9. The summed E-state index contributed by atoms with van der Waals surface area (Å²) < 4.78 is 27.3. The molecule has 1 saturated heterocycles. The highest BCUT2D eigenvalue weighted by Crippen LogP contribution is 2.25. The third-order valence-corrected chi connectivity index (χ3v) is 8.55. The number of nitrogens with one attached hydrogen (secondary N) is 1. The van der Waals surface area contributed by atoms with Crippen LogP contribution < -0.4 is 5.32 Å². The number of carbonyl (C=O) groups is 1. The Hall–Kier alpha value is -1.97. The van der Waals surface area contributed by atoms with Gasteiger partial charge < -0.3 is 10.2 Å². The number of rotatable bonds is 5. The van der Waals surface area contributed by atoms with Crippen molar-refractivity contribution in [2.45, 2.75) is 57.4 Å². The van der Waals surface area contributed by atoms with Gasteiger partial charge in [0.15, 0.2) is 0 Å². The molecule has 1 aromatic carbocycles. The summed E-state index contributed by atoms with van der Waals surface area (Å²) >= 11 is 1.60. The Bertz CT molecular complexity index is 1000. The van der Waals surface area contributed by atoms with Crippen molar-refractivity contribution < 1.29 is 13.2 Å². The molecular weight excluding hydrogens is 432 g/mol. The van der Waals surface area contributed by atoms with E-state index >= 15 is 0 Å². The molecule has 1 fully saturated rings. The first-order valence-corrected chi connectivity index (χ1v) is 12.9. The predicted molar refractivity (Wildman–Crippen MR) is 124 cm³/mol. The number of thiazole rings is 1. The summed E-state index contributed by atoms with van der Waals surface area (Å²) in [5, 5.41) is 5.91. The molecule has 1 N–H and O–H groups in total. The maximum absolute atomic E-state index is 12.9. The van der Waals surface area contributed by atoms with Gasteiger partial charge in [-0.05, 0) is 23.6 Å². The molecule has 1 aliphatic rings. The van der Waals surface area contributed by atoms with Crippen molar-refractivity contribution in [3.05, 3.63) is 45.9 Å². The number of hydrogen-bond acceptors (Lipinski definition) is 5. The standard InChI is InChI=1S/C22H32N4O3S2/c1-16(2)17-6-8-19(9-7-17)31(28,29)26-12-10-25(11-13-26)21(27)23-14-18-15-30-20(24-18)22(3,4)5/h6-9,15-16H,10-14H2,1-5H3,(H,23,27). The Morgan fingerprint density at radius 1 is 1.13 bits per heavy atom. The number of hydrogen-bond donors (Lipinski definition) is 1. The van der Waals surface area contributed by atoms with E-state index in [0.717, 1.165) is 16.3 Å².